The minimum atomic E-state index is -1.13. The van der Waals surface area contributed by atoms with Gasteiger partial charge in [-0.1, -0.05) is 19.9 Å². The minimum Gasteiger partial charge on any atom is -0.365 e. The number of ether oxygens (including phenoxy) is 1. The zero-order valence-corrected chi connectivity index (χ0v) is 10.7. The molecule has 0 amide bonds. The van der Waals surface area contributed by atoms with E-state index in [1.165, 1.54) is 6.07 Å². The number of carbonyl (C=O) groups is 1. The Morgan fingerprint density at radius 2 is 1.83 bits per heavy atom. The van der Waals surface area contributed by atoms with Gasteiger partial charge in [-0.2, -0.15) is 0 Å². The average Bonchev–Trinajstić information content (AvgIpc) is 2.33. The van der Waals surface area contributed by atoms with Crippen molar-refractivity contribution >= 4 is 5.78 Å². The van der Waals surface area contributed by atoms with Crippen molar-refractivity contribution in [2.45, 2.75) is 39.2 Å². The quantitative estimate of drug-likeness (QED) is 0.741. The molecule has 0 aliphatic carbocycles. The van der Waals surface area contributed by atoms with Gasteiger partial charge in [0, 0.05) is 13.0 Å². The fraction of sp³-hybridized carbons (Fsp3) is 0.500. The Kier molecular flexibility index (Phi) is 5.92. The molecule has 100 valence electrons. The molecule has 0 saturated heterocycles. The van der Waals surface area contributed by atoms with Crippen LogP contribution >= 0.6 is 0 Å². The zero-order chi connectivity index (χ0) is 13.5. The first-order valence-electron chi connectivity index (χ1n) is 6.20. The summed E-state index contributed by atoms with van der Waals surface area (Å²) in [7, 11) is 0. The van der Waals surface area contributed by atoms with E-state index in [4.69, 9.17) is 4.74 Å². The van der Waals surface area contributed by atoms with E-state index in [1.807, 2.05) is 13.8 Å². The highest BCUT2D eigenvalue weighted by atomic mass is 19.1. The fourth-order valence-corrected chi connectivity index (χ4v) is 1.71. The maximum absolute atomic E-state index is 13.7. The van der Waals surface area contributed by atoms with Gasteiger partial charge in [-0.3, -0.25) is 4.79 Å². The van der Waals surface area contributed by atoms with E-state index in [2.05, 4.69) is 0 Å². The van der Waals surface area contributed by atoms with Gasteiger partial charge in [-0.25, -0.2) is 8.78 Å². The van der Waals surface area contributed by atoms with Gasteiger partial charge < -0.3 is 4.74 Å². The summed E-state index contributed by atoms with van der Waals surface area (Å²) in [6, 6.07) is 3.55. The molecule has 0 bridgehead atoms. The van der Waals surface area contributed by atoms with E-state index in [0.29, 0.717) is 19.4 Å². The topological polar surface area (TPSA) is 26.3 Å². The highest BCUT2D eigenvalue weighted by Crippen LogP contribution is 2.26. The number of carbonyl (C=O) groups excluding carboxylic acids is 1. The number of rotatable bonds is 7. The van der Waals surface area contributed by atoms with Crippen molar-refractivity contribution in [2.75, 3.05) is 6.61 Å². The smallest absolute Gasteiger partial charge is 0.166 e. The molecule has 0 aliphatic rings. The Bertz CT molecular complexity index is 385. The summed E-state index contributed by atoms with van der Waals surface area (Å²) in [5.74, 6) is -1.75. The third kappa shape index (κ3) is 3.60. The highest BCUT2D eigenvalue weighted by molar-refractivity contribution is 5.84. The molecule has 1 aromatic carbocycles. The maximum atomic E-state index is 13.7. The first kappa shape index (κ1) is 14.8. The van der Waals surface area contributed by atoms with E-state index in [1.54, 1.807) is 0 Å². The van der Waals surface area contributed by atoms with Gasteiger partial charge >= 0.3 is 0 Å². The minimum absolute atomic E-state index is 0.252. The summed E-state index contributed by atoms with van der Waals surface area (Å²) in [5.41, 5.74) is -0.274. The first-order chi connectivity index (χ1) is 8.61. The first-order valence-corrected chi connectivity index (χ1v) is 6.20. The molecule has 0 N–H and O–H groups in total. The Balaban J connectivity index is 3.04. The van der Waals surface area contributed by atoms with Crippen LogP contribution in [0.15, 0.2) is 18.2 Å². The van der Waals surface area contributed by atoms with Gasteiger partial charge in [0.1, 0.15) is 17.7 Å². The third-order valence-corrected chi connectivity index (χ3v) is 2.54. The second kappa shape index (κ2) is 7.21. The van der Waals surface area contributed by atoms with Crippen molar-refractivity contribution in [2.24, 2.45) is 0 Å². The van der Waals surface area contributed by atoms with Gasteiger partial charge in [0.05, 0.1) is 5.56 Å². The van der Waals surface area contributed by atoms with Crippen LogP contribution in [0.25, 0.3) is 0 Å². The SMILES string of the molecule is CCCOC(C(=O)CCC)c1c(F)cccc1F. The van der Waals surface area contributed by atoms with Gasteiger partial charge in [0.15, 0.2) is 5.78 Å². The molecule has 1 aromatic rings. The lowest BCUT2D eigenvalue weighted by molar-refractivity contribution is -0.131. The van der Waals surface area contributed by atoms with E-state index in [0.717, 1.165) is 12.1 Å². The molecule has 18 heavy (non-hydrogen) atoms. The molecule has 1 unspecified atom stereocenters. The lowest BCUT2D eigenvalue weighted by atomic mass is 10.0. The monoisotopic (exact) mass is 256 g/mol. The van der Waals surface area contributed by atoms with Crippen LogP contribution < -0.4 is 0 Å². The van der Waals surface area contributed by atoms with Crippen LogP contribution in [0, 0.1) is 11.6 Å². The molecule has 1 atom stereocenters. The van der Waals surface area contributed by atoms with Crippen molar-refractivity contribution in [1.29, 1.82) is 0 Å². The van der Waals surface area contributed by atoms with Crippen LogP contribution in [0.1, 0.15) is 44.8 Å². The average molecular weight is 256 g/mol. The zero-order valence-electron chi connectivity index (χ0n) is 10.7. The number of benzene rings is 1. The number of halogens is 2. The predicted octanol–water partition coefficient (Wildman–Crippen LogP) is 3.80. The van der Waals surface area contributed by atoms with Crippen LogP contribution in [0.4, 0.5) is 8.78 Å². The van der Waals surface area contributed by atoms with Gasteiger partial charge in [-0.05, 0) is 25.0 Å². The van der Waals surface area contributed by atoms with Gasteiger partial charge in [0.25, 0.3) is 0 Å². The highest BCUT2D eigenvalue weighted by Gasteiger charge is 2.26. The summed E-state index contributed by atoms with van der Waals surface area (Å²) in [6.45, 7) is 4.01. The number of hydrogen-bond donors (Lipinski definition) is 0. The van der Waals surface area contributed by atoms with Crippen LogP contribution in [0.5, 0.6) is 0 Å². The van der Waals surface area contributed by atoms with Crippen LogP contribution in [0.2, 0.25) is 0 Å². The van der Waals surface area contributed by atoms with Crippen molar-refractivity contribution in [3.8, 4) is 0 Å². The van der Waals surface area contributed by atoms with Crippen molar-refractivity contribution in [3.05, 3.63) is 35.4 Å². The normalized spacial score (nSPS) is 12.4. The molecule has 0 heterocycles. The molecule has 0 aliphatic heterocycles. The molecule has 4 heteroatoms. The summed E-state index contributed by atoms with van der Waals surface area (Å²) in [4.78, 5) is 11.9. The second-order valence-electron chi connectivity index (χ2n) is 4.10. The predicted molar refractivity (Wildman–Crippen MR) is 65.3 cm³/mol. The molecule has 1 rings (SSSR count). The van der Waals surface area contributed by atoms with E-state index >= 15 is 0 Å². The molecule has 0 saturated carbocycles. The molecule has 0 fully saturated rings. The maximum Gasteiger partial charge on any atom is 0.166 e. The molecular weight excluding hydrogens is 238 g/mol. The molecular formula is C14H18F2O2. The number of Topliss-reactive ketones (excluding diaryl/α,β-unsaturated/α-hetero) is 1. The van der Waals surface area contributed by atoms with Crippen molar-refractivity contribution in [3.63, 3.8) is 0 Å². The number of ketones is 1. The van der Waals surface area contributed by atoms with Crippen LogP contribution in [-0.4, -0.2) is 12.4 Å². The molecule has 2 nitrogen and oxygen atoms in total. The fourth-order valence-electron chi connectivity index (χ4n) is 1.71. The second-order valence-corrected chi connectivity index (χ2v) is 4.10. The third-order valence-electron chi connectivity index (χ3n) is 2.54. The Morgan fingerprint density at radius 3 is 2.33 bits per heavy atom. The van der Waals surface area contributed by atoms with Gasteiger partial charge in [0.2, 0.25) is 0 Å². The largest absolute Gasteiger partial charge is 0.365 e. The summed E-state index contributed by atoms with van der Waals surface area (Å²) in [5, 5.41) is 0. The lowest BCUT2D eigenvalue weighted by Gasteiger charge is -2.18. The Labute approximate surface area is 106 Å². The van der Waals surface area contributed by atoms with Crippen LogP contribution in [-0.2, 0) is 9.53 Å². The van der Waals surface area contributed by atoms with E-state index in [9.17, 15) is 13.6 Å². The van der Waals surface area contributed by atoms with Crippen molar-refractivity contribution in [1.82, 2.24) is 0 Å². The Morgan fingerprint density at radius 1 is 1.22 bits per heavy atom. The van der Waals surface area contributed by atoms with Crippen LogP contribution in [0.3, 0.4) is 0 Å². The molecule has 0 aromatic heterocycles. The molecule has 0 spiro atoms. The summed E-state index contributed by atoms with van der Waals surface area (Å²) < 4.78 is 32.6. The number of hydrogen-bond acceptors (Lipinski definition) is 2. The van der Waals surface area contributed by atoms with E-state index < -0.39 is 17.7 Å². The lowest BCUT2D eigenvalue weighted by Crippen LogP contribution is -2.19. The standard InChI is InChI=1S/C14H18F2O2/c1-3-6-12(17)14(18-9-4-2)13-10(15)7-5-8-11(13)16/h5,7-8,14H,3-4,6,9H2,1-2H3. The van der Waals surface area contributed by atoms with E-state index in [-0.39, 0.29) is 17.8 Å². The summed E-state index contributed by atoms with van der Waals surface area (Å²) in [6.07, 6.45) is 0.431. The summed E-state index contributed by atoms with van der Waals surface area (Å²) >= 11 is 0. The Hall–Kier alpha value is -1.29. The van der Waals surface area contributed by atoms with Crippen molar-refractivity contribution < 1.29 is 18.3 Å². The van der Waals surface area contributed by atoms with Gasteiger partial charge in [-0.15, -0.1) is 0 Å². The molecule has 0 radical (unpaired) electrons.